The number of benzene rings is 2. The molecule has 0 spiro atoms. The lowest BCUT2D eigenvalue weighted by atomic mass is 10.3. The van der Waals surface area contributed by atoms with Crippen LogP contribution in [0.25, 0.3) is 0 Å². The van der Waals surface area contributed by atoms with E-state index >= 15 is 0 Å². The zero-order chi connectivity index (χ0) is 15.8. The summed E-state index contributed by atoms with van der Waals surface area (Å²) < 4.78 is 52.9. The van der Waals surface area contributed by atoms with E-state index in [0.29, 0.717) is 6.07 Å². The number of anilines is 2. The van der Waals surface area contributed by atoms with Crippen LogP contribution >= 0.6 is 15.9 Å². The summed E-state index contributed by atoms with van der Waals surface area (Å²) in [7, 11) is -4.17. The first-order valence-corrected chi connectivity index (χ1v) is 7.74. The maximum Gasteiger partial charge on any atom is 0.262 e. The number of nitrogens with two attached hydrogens (primary N) is 1. The number of phenols is 1. The third kappa shape index (κ3) is 3.24. The number of sulfonamides is 1. The van der Waals surface area contributed by atoms with Crippen molar-refractivity contribution in [3.05, 3.63) is 46.4 Å². The maximum absolute atomic E-state index is 13.6. The third-order valence-electron chi connectivity index (χ3n) is 2.56. The summed E-state index contributed by atoms with van der Waals surface area (Å²) in [5.41, 5.74) is 4.71. The Morgan fingerprint density at radius 3 is 2.43 bits per heavy atom. The molecule has 2 aromatic rings. The highest BCUT2D eigenvalue weighted by molar-refractivity contribution is 9.10. The number of nitrogen functional groups attached to an aromatic ring is 1. The van der Waals surface area contributed by atoms with Gasteiger partial charge in [-0.1, -0.05) is 0 Å². The Balaban J connectivity index is 2.42. The Morgan fingerprint density at radius 2 is 1.81 bits per heavy atom. The van der Waals surface area contributed by atoms with Gasteiger partial charge in [-0.2, -0.15) is 0 Å². The van der Waals surface area contributed by atoms with Crippen LogP contribution < -0.4 is 10.5 Å². The lowest BCUT2D eigenvalue weighted by Gasteiger charge is -2.10. The molecule has 0 atom stereocenters. The van der Waals surface area contributed by atoms with Crippen molar-refractivity contribution < 1.29 is 22.3 Å². The molecule has 0 aromatic heterocycles. The fourth-order valence-corrected chi connectivity index (χ4v) is 2.91. The van der Waals surface area contributed by atoms with E-state index in [-0.39, 0.29) is 20.8 Å². The molecule has 0 bridgehead atoms. The van der Waals surface area contributed by atoms with Gasteiger partial charge in [0.1, 0.15) is 17.4 Å². The Morgan fingerprint density at radius 1 is 1.14 bits per heavy atom. The van der Waals surface area contributed by atoms with Gasteiger partial charge in [0.05, 0.1) is 20.7 Å². The standard InChI is InChI=1S/C12H9BrF2N2O3S/c13-7-4-9(15)11(5-8(7)14)17-21(19,20)6-1-2-12(18)10(16)3-6/h1-5,17-18H,16H2. The van der Waals surface area contributed by atoms with Crippen LogP contribution in [0.4, 0.5) is 20.2 Å². The topological polar surface area (TPSA) is 92.4 Å². The monoisotopic (exact) mass is 378 g/mol. The van der Waals surface area contributed by atoms with Crippen LogP contribution in [0.1, 0.15) is 0 Å². The molecule has 4 N–H and O–H groups in total. The second-order valence-electron chi connectivity index (χ2n) is 4.07. The third-order valence-corrected chi connectivity index (χ3v) is 4.53. The van der Waals surface area contributed by atoms with Gasteiger partial charge in [-0.05, 0) is 40.2 Å². The van der Waals surface area contributed by atoms with Gasteiger partial charge in [0.25, 0.3) is 10.0 Å². The number of hydrogen-bond acceptors (Lipinski definition) is 4. The van der Waals surface area contributed by atoms with Gasteiger partial charge >= 0.3 is 0 Å². The Kier molecular flexibility index (Phi) is 4.06. The zero-order valence-corrected chi connectivity index (χ0v) is 12.7. The van der Waals surface area contributed by atoms with Crippen LogP contribution in [0.15, 0.2) is 39.7 Å². The number of aromatic hydroxyl groups is 1. The fourth-order valence-electron chi connectivity index (χ4n) is 1.50. The van der Waals surface area contributed by atoms with Crippen LogP contribution in [0.5, 0.6) is 5.75 Å². The van der Waals surface area contributed by atoms with Gasteiger partial charge in [-0.3, -0.25) is 4.72 Å². The summed E-state index contributed by atoms with van der Waals surface area (Å²) in [6.45, 7) is 0. The lowest BCUT2D eigenvalue weighted by molar-refractivity contribution is 0.477. The molecule has 0 unspecified atom stereocenters. The highest BCUT2D eigenvalue weighted by atomic mass is 79.9. The summed E-state index contributed by atoms with van der Waals surface area (Å²) in [5.74, 6) is -2.05. The smallest absolute Gasteiger partial charge is 0.262 e. The minimum Gasteiger partial charge on any atom is -0.506 e. The van der Waals surface area contributed by atoms with Gasteiger partial charge in [0, 0.05) is 6.07 Å². The molecule has 0 saturated heterocycles. The van der Waals surface area contributed by atoms with Crippen molar-refractivity contribution in [2.75, 3.05) is 10.5 Å². The van der Waals surface area contributed by atoms with Crippen molar-refractivity contribution in [3.8, 4) is 5.75 Å². The molecule has 112 valence electrons. The highest BCUT2D eigenvalue weighted by Crippen LogP contribution is 2.27. The van der Waals surface area contributed by atoms with Crippen molar-refractivity contribution in [1.29, 1.82) is 0 Å². The Bertz CT molecular complexity index is 812. The van der Waals surface area contributed by atoms with E-state index in [1.807, 2.05) is 4.72 Å². The molecule has 5 nitrogen and oxygen atoms in total. The van der Waals surface area contributed by atoms with Crippen molar-refractivity contribution >= 4 is 37.3 Å². The van der Waals surface area contributed by atoms with Gasteiger partial charge in [-0.15, -0.1) is 0 Å². The molecule has 0 aliphatic rings. The molecule has 0 amide bonds. The van der Waals surface area contributed by atoms with Crippen molar-refractivity contribution in [1.82, 2.24) is 0 Å². The molecule has 2 aromatic carbocycles. The molecule has 0 heterocycles. The van der Waals surface area contributed by atoms with E-state index in [0.717, 1.165) is 24.3 Å². The van der Waals surface area contributed by atoms with Crippen LogP contribution in [0.2, 0.25) is 0 Å². The fraction of sp³-hybridized carbons (Fsp3) is 0. The second kappa shape index (κ2) is 5.49. The van der Waals surface area contributed by atoms with E-state index in [1.54, 1.807) is 0 Å². The van der Waals surface area contributed by atoms with Crippen molar-refractivity contribution in [2.45, 2.75) is 4.90 Å². The second-order valence-corrected chi connectivity index (χ2v) is 6.61. The van der Waals surface area contributed by atoms with E-state index in [9.17, 15) is 22.3 Å². The highest BCUT2D eigenvalue weighted by Gasteiger charge is 2.19. The van der Waals surface area contributed by atoms with E-state index in [4.69, 9.17) is 5.73 Å². The van der Waals surface area contributed by atoms with Crippen LogP contribution in [0.3, 0.4) is 0 Å². The molecule has 21 heavy (non-hydrogen) atoms. The van der Waals surface area contributed by atoms with E-state index in [1.165, 1.54) is 0 Å². The average molecular weight is 379 g/mol. The van der Waals surface area contributed by atoms with E-state index < -0.39 is 27.3 Å². The molecule has 0 aliphatic heterocycles. The summed E-state index contributed by atoms with van der Waals surface area (Å²) in [4.78, 5) is -0.291. The van der Waals surface area contributed by atoms with Crippen LogP contribution in [0, 0.1) is 11.6 Å². The molecule has 9 heteroatoms. The summed E-state index contributed by atoms with van der Waals surface area (Å²) in [6.07, 6.45) is 0. The zero-order valence-electron chi connectivity index (χ0n) is 10.3. The van der Waals surface area contributed by atoms with Crippen LogP contribution in [-0.4, -0.2) is 13.5 Å². The SMILES string of the molecule is Nc1cc(S(=O)(=O)Nc2cc(F)c(Br)cc2F)ccc1O. The molecule has 0 saturated carbocycles. The summed E-state index contributed by atoms with van der Waals surface area (Å²) >= 11 is 2.79. The van der Waals surface area contributed by atoms with Crippen molar-refractivity contribution in [2.24, 2.45) is 0 Å². The Hall–Kier alpha value is -1.87. The minimum atomic E-state index is -4.17. The Labute approximate surface area is 127 Å². The molecule has 0 radical (unpaired) electrons. The van der Waals surface area contributed by atoms with Gasteiger partial charge < -0.3 is 10.8 Å². The quantitative estimate of drug-likeness (QED) is 0.435. The predicted molar refractivity (Wildman–Crippen MR) is 77.4 cm³/mol. The van der Waals surface area contributed by atoms with Gasteiger partial charge in [0.15, 0.2) is 0 Å². The molecular formula is C12H9BrF2N2O3S. The largest absolute Gasteiger partial charge is 0.506 e. The van der Waals surface area contributed by atoms with Gasteiger partial charge in [0.2, 0.25) is 0 Å². The first-order valence-electron chi connectivity index (χ1n) is 5.46. The predicted octanol–water partition coefficient (Wildman–Crippen LogP) is 2.82. The number of rotatable bonds is 3. The normalized spacial score (nSPS) is 11.4. The first kappa shape index (κ1) is 15.5. The minimum absolute atomic E-state index is 0.128. The summed E-state index contributed by atoms with van der Waals surface area (Å²) in [5, 5.41) is 9.26. The number of hydrogen-bond donors (Lipinski definition) is 3. The molecule has 2 rings (SSSR count). The molecule has 0 fully saturated rings. The summed E-state index contributed by atoms with van der Waals surface area (Å²) in [6, 6.07) is 4.69. The number of nitrogens with one attached hydrogen (secondary N) is 1. The number of halogens is 3. The van der Waals surface area contributed by atoms with E-state index in [2.05, 4.69) is 15.9 Å². The average Bonchev–Trinajstić information content (AvgIpc) is 2.39. The maximum atomic E-state index is 13.6. The number of phenolic OH excluding ortho intramolecular Hbond substituents is 1. The lowest BCUT2D eigenvalue weighted by Crippen LogP contribution is -2.14. The van der Waals surface area contributed by atoms with Crippen molar-refractivity contribution in [3.63, 3.8) is 0 Å². The first-order chi connectivity index (χ1) is 9.70. The van der Waals surface area contributed by atoms with Gasteiger partial charge in [-0.25, -0.2) is 17.2 Å². The molecule has 0 aliphatic carbocycles. The van der Waals surface area contributed by atoms with Crippen LogP contribution in [-0.2, 0) is 10.0 Å². The molecular weight excluding hydrogens is 370 g/mol.